The van der Waals surface area contributed by atoms with E-state index >= 15 is 0 Å². The molecule has 1 atom stereocenters. The van der Waals surface area contributed by atoms with Gasteiger partial charge in [0.15, 0.2) is 0 Å². The lowest BCUT2D eigenvalue weighted by atomic mass is 10.1. The standard InChI is InChI=1S/C29H38BrClN4O7/c1-29(2,3)42-28(39)35-16-21(17-35)40-13-7-11-34(25-22(31)14-20(30)15-23(25)32)12-10-24(26(36)37)33-27(38)41-18-19-8-5-4-6-9-19/h4-6,8-9,14-15,21,24H,7,10-13,16-18,32H2,1-3H3,(H,33,38)(H,36,37). The van der Waals surface area contributed by atoms with Crippen LogP contribution in [0.15, 0.2) is 46.9 Å². The zero-order valence-electron chi connectivity index (χ0n) is 24.0. The maximum Gasteiger partial charge on any atom is 0.410 e. The first-order valence-electron chi connectivity index (χ1n) is 13.6. The number of halogens is 2. The van der Waals surface area contributed by atoms with Crippen LogP contribution in [0.4, 0.5) is 21.0 Å². The molecule has 0 aliphatic carbocycles. The zero-order valence-corrected chi connectivity index (χ0v) is 26.3. The molecule has 42 heavy (non-hydrogen) atoms. The van der Waals surface area contributed by atoms with Gasteiger partial charge in [-0.3, -0.25) is 0 Å². The minimum absolute atomic E-state index is 0.0205. The quantitative estimate of drug-likeness (QED) is 0.192. The number of ether oxygens (including phenoxy) is 3. The average Bonchev–Trinajstić information content (AvgIpc) is 2.86. The van der Waals surface area contributed by atoms with Gasteiger partial charge < -0.3 is 40.2 Å². The number of nitrogens with two attached hydrogens (primary N) is 1. The Balaban J connectivity index is 1.54. The van der Waals surface area contributed by atoms with Gasteiger partial charge in [0.1, 0.15) is 18.2 Å². The number of carbonyl (C=O) groups excluding carboxylic acids is 2. The van der Waals surface area contributed by atoms with Crippen molar-refractivity contribution >= 4 is 57.1 Å². The van der Waals surface area contributed by atoms with Gasteiger partial charge in [-0.15, -0.1) is 0 Å². The third-order valence-electron chi connectivity index (χ3n) is 6.29. The predicted molar refractivity (Wildman–Crippen MR) is 164 cm³/mol. The van der Waals surface area contributed by atoms with E-state index in [0.29, 0.717) is 53.5 Å². The van der Waals surface area contributed by atoms with Crippen molar-refractivity contribution in [1.82, 2.24) is 10.2 Å². The Labute approximate surface area is 259 Å². The molecule has 1 aliphatic rings. The molecule has 2 amide bonds. The molecule has 1 saturated heterocycles. The predicted octanol–water partition coefficient (Wildman–Crippen LogP) is 5.29. The highest BCUT2D eigenvalue weighted by Gasteiger charge is 2.34. The van der Waals surface area contributed by atoms with Crippen LogP contribution in [0.5, 0.6) is 0 Å². The Morgan fingerprint density at radius 3 is 2.50 bits per heavy atom. The molecule has 3 rings (SSSR count). The van der Waals surface area contributed by atoms with Crippen molar-refractivity contribution in [2.75, 3.05) is 43.4 Å². The maximum absolute atomic E-state index is 12.3. The number of likely N-dealkylation sites (tertiary alicyclic amines) is 1. The summed E-state index contributed by atoms with van der Waals surface area (Å²) in [5, 5.41) is 12.6. The van der Waals surface area contributed by atoms with Crippen molar-refractivity contribution in [3.8, 4) is 0 Å². The number of hydrogen-bond acceptors (Lipinski definition) is 8. The summed E-state index contributed by atoms with van der Waals surface area (Å²) < 4.78 is 17.2. The van der Waals surface area contributed by atoms with Crippen LogP contribution in [-0.4, -0.2) is 78.7 Å². The average molecular weight is 670 g/mol. The molecule has 2 aromatic carbocycles. The normalized spacial score (nSPS) is 14.1. The molecule has 1 fully saturated rings. The van der Waals surface area contributed by atoms with Crippen LogP contribution in [0, 0.1) is 0 Å². The van der Waals surface area contributed by atoms with E-state index in [1.54, 1.807) is 29.2 Å². The third kappa shape index (κ3) is 10.6. The van der Waals surface area contributed by atoms with Crippen LogP contribution in [0.2, 0.25) is 5.02 Å². The molecule has 0 saturated carbocycles. The monoisotopic (exact) mass is 668 g/mol. The van der Waals surface area contributed by atoms with Gasteiger partial charge in [0.2, 0.25) is 0 Å². The molecule has 230 valence electrons. The molecule has 0 radical (unpaired) electrons. The first-order valence-corrected chi connectivity index (χ1v) is 14.8. The van der Waals surface area contributed by atoms with E-state index in [2.05, 4.69) is 21.2 Å². The van der Waals surface area contributed by atoms with Gasteiger partial charge in [-0.25, -0.2) is 14.4 Å². The van der Waals surface area contributed by atoms with Crippen molar-refractivity contribution in [3.05, 3.63) is 57.5 Å². The highest BCUT2D eigenvalue weighted by Crippen LogP contribution is 2.35. The van der Waals surface area contributed by atoms with Crippen LogP contribution in [0.3, 0.4) is 0 Å². The second-order valence-electron chi connectivity index (χ2n) is 10.9. The summed E-state index contributed by atoms with van der Waals surface area (Å²) in [6.07, 6.45) is -0.628. The van der Waals surface area contributed by atoms with E-state index in [0.717, 1.165) is 5.56 Å². The van der Waals surface area contributed by atoms with E-state index in [-0.39, 0.29) is 31.8 Å². The maximum atomic E-state index is 12.3. The molecule has 1 aliphatic heterocycles. The SMILES string of the molecule is CC(C)(C)OC(=O)N1CC(OCCCN(CCC(NC(=O)OCc2ccccc2)C(=O)O)c2c(N)cc(Br)cc2Cl)C1. The van der Waals surface area contributed by atoms with Gasteiger partial charge in [-0.05, 0) is 51.3 Å². The van der Waals surface area contributed by atoms with Gasteiger partial charge >= 0.3 is 18.2 Å². The number of alkyl carbamates (subject to hydrolysis) is 1. The Morgan fingerprint density at radius 1 is 1.19 bits per heavy atom. The molecular weight excluding hydrogens is 632 g/mol. The molecule has 1 unspecified atom stereocenters. The molecule has 4 N–H and O–H groups in total. The topological polar surface area (TPSA) is 144 Å². The van der Waals surface area contributed by atoms with Gasteiger partial charge in [0.05, 0.1) is 35.6 Å². The second-order valence-corrected chi connectivity index (χ2v) is 12.3. The van der Waals surface area contributed by atoms with E-state index in [1.165, 1.54) is 0 Å². The Bertz CT molecular complexity index is 1200. The van der Waals surface area contributed by atoms with Crippen LogP contribution >= 0.6 is 27.5 Å². The van der Waals surface area contributed by atoms with Crippen LogP contribution in [-0.2, 0) is 25.6 Å². The van der Waals surface area contributed by atoms with Crippen molar-refractivity contribution < 1.29 is 33.7 Å². The fraction of sp³-hybridized carbons (Fsp3) is 0.483. The minimum Gasteiger partial charge on any atom is -0.480 e. The largest absolute Gasteiger partial charge is 0.480 e. The number of carbonyl (C=O) groups is 3. The first-order chi connectivity index (χ1) is 19.8. The summed E-state index contributed by atoms with van der Waals surface area (Å²) in [6.45, 7) is 7.49. The second kappa shape index (κ2) is 15.3. The molecule has 1 heterocycles. The summed E-state index contributed by atoms with van der Waals surface area (Å²) in [6, 6.07) is 11.3. The fourth-order valence-corrected chi connectivity index (χ4v) is 5.18. The fourth-order valence-electron chi connectivity index (χ4n) is 4.23. The van der Waals surface area contributed by atoms with Crippen LogP contribution in [0.1, 0.15) is 39.2 Å². The first kappa shape index (κ1) is 33.3. The van der Waals surface area contributed by atoms with Crippen molar-refractivity contribution in [3.63, 3.8) is 0 Å². The Hall–Kier alpha value is -3.22. The smallest absolute Gasteiger partial charge is 0.410 e. The van der Waals surface area contributed by atoms with E-state index < -0.39 is 23.7 Å². The van der Waals surface area contributed by atoms with E-state index in [4.69, 9.17) is 31.5 Å². The van der Waals surface area contributed by atoms with Gasteiger partial charge in [-0.1, -0.05) is 57.9 Å². The van der Waals surface area contributed by atoms with Gasteiger partial charge in [-0.2, -0.15) is 0 Å². The molecular formula is C29H38BrClN4O7. The summed E-state index contributed by atoms with van der Waals surface area (Å²) in [5.41, 5.74) is 7.51. The highest BCUT2D eigenvalue weighted by molar-refractivity contribution is 9.10. The lowest BCUT2D eigenvalue weighted by Gasteiger charge is -2.39. The summed E-state index contributed by atoms with van der Waals surface area (Å²) >= 11 is 9.92. The number of anilines is 2. The van der Waals surface area contributed by atoms with Crippen molar-refractivity contribution in [1.29, 1.82) is 0 Å². The van der Waals surface area contributed by atoms with Crippen molar-refractivity contribution in [2.24, 2.45) is 0 Å². The molecule has 2 aromatic rings. The Kier molecular flexibility index (Phi) is 12.1. The zero-order chi connectivity index (χ0) is 30.9. The van der Waals surface area contributed by atoms with Crippen LogP contribution in [0.25, 0.3) is 0 Å². The number of carboxylic acid groups (broad SMARTS) is 1. The summed E-state index contributed by atoms with van der Waals surface area (Å²) in [5.74, 6) is -1.19. The van der Waals surface area contributed by atoms with Gasteiger partial charge in [0.25, 0.3) is 0 Å². The number of carboxylic acids is 1. The lowest BCUT2D eigenvalue weighted by molar-refractivity contribution is -0.139. The Morgan fingerprint density at radius 2 is 1.88 bits per heavy atom. The molecule has 11 nitrogen and oxygen atoms in total. The van der Waals surface area contributed by atoms with Crippen LogP contribution < -0.4 is 16.0 Å². The number of rotatable bonds is 13. The number of amides is 2. The molecule has 0 aromatic heterocycles. The number of nitrogens with zero attached hydrogens (tertiary/aromatic N) is 2. The van der Waals surface area contributed by atoms with E-state index in [9.17, 15) is 19.5 Å². The number of hydrogen-bond donors (Lipinski definition) is 3. The minimum atomic E-state index is -1.20. The summed E-state index contributed by atoms with van der Waals surface area (Å²) in [4.78, 5) is 39.9. The molecule has 0 spiro atoms. The number of aliphatic carboxylic acids is 1. The lowest BCUT2D eigenvalue weighted by Crippen LogP contribution is -2.56. The van der Waals surface area contributed by atoms with Gasteiger partial charge in [0, 0.05) is 24.2 Å². The number of benzene rings is 2. The molecule has 0 bridgehead atoms. The van der Waals surface area contributed by atoms with Crippen molar-refractivity contribution in [2.45, 2.75) is 58.0 Å². The third-order valence-corrected chi connectivity index (χ3v) is 7.04. The number of nitrogen functional groups attached to an aromatic ring is 1. The van der Waals surface area contributed by atoms with E-state index in [1.807, 2.05) is 43.9 Å². The number of nitrogens with one attached hydrogen (secondary N) is 1. The molecule has 13 heteroatoms. The summed E-state index contributed by atoms with van der Waals surface area (Å²) in [7, 11) is 0. The highest BCUT2D eigenvalue weighted by atomic mass is 79.9.